The van der Waals surface area contributed by atoms with E-state index in [0.717, 1.165) is 19.0 Å². The number of nitrogens with two attached hydrogens (primary N) is 1. The largest absolute Gasteiger partial charge is 0.345 e. The second kappa shape index (κ2) is 5.54. The predicted octanol–water partition coefficient (Wildman–Crippen LogP) is 1.96. The maximum atomic E-state index is 5.77. The summed E-state index contributed by atoms with van der Waals surface area (Å²) in [6, 6.07) is 0. The van der Waals surface area contributed by atoms with Gasteiger partial charge in [-0.3, -0.25) is 0 Å². The van der Waals surface area contributed by atoms with Gasteiger partial charge in [-0.25, -0.2) is 4.98 Å². The van der Waals surface area contributed by atoms with E-state index in [1.165, 1.54) is 0 Å². The molecule has 0 spiro atoms. The Labute approximate surface area is 105 Å². The van der Waals surface area contributed by atoms with Gasteiger partial charge in [-0.1, -0.05) is 27.7 Å². The Morgan fingerprint density at radius 3 is 2.65 bits per heavy atom. The van der Waals surface area contributed by atoms with Crippen LogP contribution in [0.1, 0.15) is 27.7 Å². The van der Waals surface area contributed by atoms with Gasteiger partial charge in [0.25, 0.3) is 0 Å². The Bertz CT molecular complexity index is 341. The van der Waals surface area contributed by atoms with Gasteiger partial charge in [0.2, 0.25) is 5.95 Å². The molecular formula is C13H26N4. The number of hydrogen-bond acceptors (Lipinski definition) is 3. The molecule has 98 valence electrons. The number of rotatable bonds is 6. The molecule has 0 fully saturated rings. The molecule has 0 amide bonds. The Balaban J connectivity index is 2.75. The van der Waals surface area contributed by atoms with Crippen molar-refractivity contribution >= 4 is 5.95 Å². The third-order valence-corrected chi connectivity index (χ3v) is 2.81. The van der Waals surface area contributed by atoms with E-state index in [9.17, 15) is 0 Å². The van der Waals surface area contributed by atoms with Gasteiger partial charge >= 0.3 is 0 Å². The Hall–Kier alpha value is -1.03. The summed E-state index contributed by atoms with van der Waals surface area (Å²) in [5, 5.41) is 0. The minimum atomic E-state index is 0.114. The van der Waals surface area contributed by atoms with Crippen LogP contribution < -0.4 is 10.6 Å². The summed E-state index contributed by atoms with van der Waals surface area (Å²) >= 11 is 0. The first kappa shape index (κ1) is 14.0. The van der Waals surface area contributed by atoms with E-state index in [-0.39, 0.29) is 5.41 Å². The fourth-order valence-corrected chi connectivity index (χ4v) is 1.95. The van der Waals surface area contributed by atoms with Crippen molar-refractivity contribution in [1.29, 1.82) is 0 Å². The number of imidazole rings is 1. The van der Waals surface area contributed by atoms with Crippen molar-refractivity contribution in [3.8, 4) is 0 Å². The molecule has 1 rings (SSSR count). The Kier molecular flexibility index (Phi) is 4.57. The number of anilines is 1. The van der Waals surface area contributed by atoms with E-state index in [1.54, 1.807) is 0 Å². The van der Waals surface area contributed by atoms with Crippen molar-refractivity contribution in [3.63, 3.8) is 0 Å². The first-order chi connectivity index (χ1) is 7.85. The molecule has 1 aromatic heterocycles. The first-order valence-corrected chi connectivity index (χ1v) is 6.28. The molecular weight excluding hydrogens is 212 g/mol. The monoisotopic (exact) mass is 238 g/mol. The van der Waals surface area contributed by atoms with E-state index in [4.69, 9.17) is 5.73 Å². The SMILES string of the molecule is CC(C)Cn1ccnc1N(C)CC(C)(C)CN. The third kappa shape index (κ3) is 4.04. The van der Waals surface area contributed by atoms with Crippen molar-refractivity contribution < 1.29 is 0 Å². The van der Waals surface area contributed by atoms with Crippen LogP contribution in [0.25, 0.3) is 0 Å². The fraction of sp³-hybridized carbons (Fsp3) is 0.769. The summed E-state index contributed by atoms with van der Waals surface area (Å²) in [7, 11) is 2.08. The molecule has 17 heavy (non-hydrogen) atoms. The van der Waals surface area contributed by atoms with Crippen LogP contribution in [0.3, 0.4) is 0 Å². The molecule has 1 heterocycles. The van der Waals surface area contributed by atoms with Crippen molar-refractivity contribution in [2.75, 3.05) is 25.0 Å². The summed E-state index contributed by atoms with van der Waals surface area (Å²) < 4.78 is 2.21. The molecule has 0 saturated heterocycles. The minimum Gasteiger partial charge on any atom is -0.345 e. The summed E-state index contributed by atoms with van der Waals surface area (Å²) in [4.78, 5) is 6.63. The molecule has 0 aliphatic rings. The van der Waals surface area contributed by atoms with E-state index in [2.05, 4.69) is 49.2 Å². The average molecular weight is 238 g/mol. The van der Waals surface area contributed by atoms with Gasteiger partial charge in [-0.05, 0) is 17.9 Å². The molecule has 0 atom stereocenters. The van der Waals surface area contributed by atoms with E-state index in [1.807, 2.05) is 12.4 Å². The van der Waals surface area contributed by atoms with Crippen molar-refractivity contribution in [1.82, 2.24) is 9.55 Å². The van der Waals surface area contributed by atoms with Crippen LogP contribution in [-0.2, 0) is 6.54 Å². The lowest BCUT2D eigenvalue weighted by atomic mass is 9.93. The van der Waals surface area contributed by atoms with E-state index in [0.29, 0.717) is 12.5 Å². The zero-order valence-corrected chi connectivity index (χ0v) is 11.8. The second-order valence-corrected chi connectivity index (χ2v) is 6.00. The highest BCUT2D eigenvalue weighted by atomic mass is 15.3. The fourth-order valence-electron chi connectivity index (χ4n) is 1.95. The summed E-state index contributed by atoms with van der Waals surface area (Å²) in [6.45, 7) is 11.4. The smallest absolute Gasteiger partial charge is 0.205 e. The van der Waals surface area contributed by atoms with Crippen LogP contribution in [0.4, 0.5) is 5.95 Å². The maximum absolute atomic E-state index is 5.77. The molecule has 1 aromatic rings. The summed E-state index contributed by atoms with van der Waals surface area (Å²) in [5.41, 5.74) is 5.89. The lowest BCUT2D eigenvalue weighted by Gasteiger charge is -2.30. The number of hydrogen-bond donors (Lipinski definition) is 1. The molecule has 0 radical (unpaired) electrons. The zero-order valence-electron chi connectivity index (χ0n) is 11.8. The molecule has 0 aliphatic carbocycles. The Morgan fingerprint density at radius 1 is 1.47 bits per heavy atom. The van der Waals surface area contributed by atoms with Gasteiger partial charge in [0.1, 0.15) is 0 Å². The van der Waals surface area contributed by atoms with Crippen LogP contribution in [0.2, 0.25) is 0 Å². The topological polar surface area (TPSA) is 47.1 Å². The molecule has 4 heteroatoms. The van der Waals surface area contributed by atoms with Gasteiger partial charge in [-0.15, -0.1) is 0 Å². The van der Waals surface area contributed by atoms with Crippen molar-refractivity contribution in [2.24, 2.45) is 17.1 Å². The van der Waals surface area contributed by atoms with Crippen LogP contribution in [0.15, 0.2) is 12.4 Å². The standard InChI is InChI=1S/C13H26N4/c1-11(2)8-17-7-6-15-12(17)16(5)10-13(3,4)9-14/h6-7,11H,8-10,14H2,1-5H3. The summed E-state index contributed by atoms with van der Waals surface area (Å²) in [5.74, 6) is 1.65. The van der Waals surface area contributed by atoms with Crippen LogP contribution >= 0.6 is 0 Å². The van der Waals surface area contributed by atoms with E-state index >= 15 is 0 Å². The molecule has 0 aromatic carbocycles. The molecule has 2 N–H and O–H groups in total. The van der Waals surface area contributed by atoms with Gasteiger partial charge < -0.3 is 15.2 Å². The van der Waals surface area contributed by atoms with E-state index < -0.39 is 0 Å². The van der Waals surface area contributed by atoms with Gasteiger partial charge in [0.15, 0.2) is 0 Å². The lowest BCUT2D eigenvalue weighted by Crippen LogP contribution is -2.38. The third-order valence-electron chi connectivity index (χ3n) is 2.81. The predicted molar refractivity (Wildman–Crippen MR) is 73.2 cm³/mol. The Morgan fingerprint density at radius 2 is 2.12 bits per heavy atom. The van der Waals surface area contributed by atoms with Crippen LogP contribution in [0.5, 0.6) is 0 Å². The molecule has 4 nitrogen and oxygen atoms in total. The zero-order chi connectivity index (χ0) is 13.1. The molecule has 0 unspecified atom stereocenters. The maximum Gasteiger partial charge on any atom is 0.205 e. The van der Waals surface area contributed by atoms with Gasteiger partial charge in [0.05, 0.1) is 0 Å². The molecule has 0 aliphatic heterocycles. The number of nitrogens with zero attached hydrogens (tertiary/aromatic N) is 3. The van der Waals surface area contributed by atoms with Gasteiger partial charge in [0, 0.05) is 32.5 Å². The summed E-state index contributed by atoms with van der Waals surface area (Å²) in [6.07, 6.45) is 3.91. The normalized spacial score (nSPS) is 12.2. The minimum absolute atomic E-state index is 0.114. The molecule has 0 bridgehead atoms. The lowest BCUT2D eigenvalue weighted by molar-refractivity contribution is 0.380. The highest BCUT2D eigenvalue weighted by molar-refractivity contribution is 5.30. The van der Waals surface area contributed by atoms with Crippen LogP contribution in [-0.4, -0.2) is 29.7 Å². The van der Waals surface area contributed by atoms with Crippen LogP contribution in [0, 0.1) is 11.3 Å². The van der Waals surface area contributed by atoms with Gasteiger partial charge in [-0.2, -0.15) is 0 Å². The van der Waals surface area contributed by atoms with Crippen molar-refractivity contribution in [2.45, 2.75) is 34.2 Å². The quantitative estimate of drug-likeness (QED) is 0.824. The van der Waals surface area contributed by atoms with Crippen molar-refractivity contribution in [3.05, 3.63) is 12.4 Å². The molecule has 0 saturated carbocycles. The average Bonchev–Trinajstić information content (AvgIpc) is 2.64. The number of aromatic nitrogens is 2. The second-order valence-electron chi connectivity index (χ2n) is 6.00. The first-order valence-electron chi connectivity index (χ1n) is 6.28. The highest BCUT2D eigenvalue weighted by Gasteiger charge is 2.20. The highest BCUT2D eigenvalue weighted by Crippen LogP contribution is 2.19.